The minimum atomic E-state index is -0.470. The summed E-state index contributed by atoms with van der Waals surface area (Å²) in [4.78, 5) is 36.6. The van der Waals surface area contributed by atoms with E-state index in [1.807, 2.05) is 0 Å². The van der Waals surface area contributed by atoms with E-state index in [1.165, 1.54) is 13.2 Å². The summed E-state index contributed by atoms with van der Waals surface area (Å²) in [6.45, 7) is 1.66. The average Bonchev–Trinajstić information content (AvgIpc) is 2.45. The molecule has 0 radical (unpaired) electrons. The van der Waals surface area contributed by atoms with Gasteiger partial charge in [-0.15, -0.1) is 0 Å². The summed E-state index contributed by atoms with van der Waals surface area (Å²) < 4.78 is 4.57. The van der Waals surface area contributed by atoms with Crippen LogP contribution in [0.15, 0.2) is 35.9 Å². The lowest BCUT2D eigenvalue weighted by molar-refractivity contribution is -0.136. The van der Waals surface area contributed by atoms with Gasteiger partial charge in [-0.3, -0.25) is 14.5 Å². The Morgan fingerprint density at radius 2 is 2.05 bits per heavy atom. The number of rotatable bonds is 3. The number of hydrogen-bond donors (Lipinski definition) is 0. The summed E-state index contributed by atoms with van der Waals surface area (Å²) in [6.07, 6.45) is 1.72. The van der Waals surface area contributed by atoms with Gasteiger partial charge < -0.3 is 4.74 Å². The van der Waals surface area contributed by atoms with Crippen LogP contribution in [0.3, 0.4) is 0 Å². The summed E-state index contributed by atoms with van der Waals surface area (Å²) in [5.74, 6) is -1.06. The third-order valence-corrected chi connectivity index (χ3v) is 3.22. The molecule has 1 aliphatic rings. The molecule has 2 rings (SSSR count). The van der Waals surface area contributed by atoms with Crippen LogP contribution in [0.25, 0.3) is 0 Å². The number of methoxy groups -OCH3 is 1. The van der Waals surface area contributed by atoms with Crippen LogP contribution in [0.2, 0.25) is 0 Å². The van der Waals surface area contributed by atoms with Crippen molar-refractivity contribution in [3.63, 3.8) is 0 Å². The maximum atomic E-state index is 12.2. The Balaban J connectivity index is 2.20. The summed E-state index contributed by atoms with van der Waals surface area (Å²) in [5, 5.41) is 0. The molecule has 1 heterocycles. The lowest BCUT2D eigenvalue weighted by Crippen LogP contribution is -2.42. The zero-order chi connectivity index (χ0) is 14.7. The largest absolute Gasteiger partial charge is 0.466 e. The Bertz CT molecular complexity index is 604. The fourth-order valence-electron chi connectivity index (χ4n) is 2.06. The van der Waals surface area contributed by atoms with Crippen molar-refractivity contribution in [2.75, 3.05) is 13.7 Å². The van der Waals surface area contributed by atoms with Crippen LogP contribution in [-0.4, -0.2) is 36.3 Å². The quantitative estimate of drug-likeness (QED) is 0.473. The molecule has 0 spiro atoms. The van der Waals surface area contributed by atoms with Crippen LogP contribution >= 0.6 is 0 Å². The molecule has 5 nitrogen and oxygen atoms in total. The predicted octanol–water partition coefficient (Wildman–Crippen LogP) is 1.33. The summed E-state index contributed by atoms with van der Waals surface area (Å²) in [5.41, 5.74) is 1.65. The summed E-state index contributed by atoms with van der Waals surface area (Å²) in [6, 6.07) is 7.04. The molecule has 104 valence electrons. The molecule has 0 atom stereocenters. The van der Waals surface area contributed by atoms with Crippen molar-refractivity contribution in [3.8, 4) is 0 Å². The van der Waals surface area contributed by atoms with E-state index in [2.05, 4.69) is 4.74 Å². The van der Waals surface area contributed by atoms with E-state index in [9.17, 15) is 14.4 Å². The number of carbonyl (C=O) groups excluding carboxylic acids is 3. The minimum absolute atomic E-state index is 0.0763. The molecule has 0 N–H and O–H groups in total. The van der Waals surface area contributed by atoms with Gasteiger partial charge in [0.25, 0.3) is 5.91 Å². The van der Waals surface area contributed by atoms with Gasteiger partial charge in [0, 0.05) is 17.7 Å². The first-order chi connectivity index (χ1) is 9.54. The fraction of sp³-hybridized carbons (Fsp3) is 0.267. The summed E-state index contributed by atoms with van der Waals surface area (Å²) >= 11 is 0. The first-order valence-electron chi connectivity index (χ1n) is 6.22. The highest BCUT2D eigenvalue weighted by Gasteiger charge is 2.29. The fourth-order valence-corrected chi connectivity index (χ4v) is 2.06. The van der Waals surface area contributed by atoms with Crippen molar-refractivity contribution in [1.29, 1.82) is 0 Å². The lowest BCUT2D eigenvalue weighted by Gasteiger charge is -2.25. The number of nitrogens with zero attached hydrogens (tertiary/aromatic N) is 1. The molecule has 0 bridgehead atoms. The van der Waals surface area contributed by atoms with E-state index in [-0.39, 0.29) is 24.8 Å². The van der Waals surface area contributed by atoms with E-state index in [4.69, 9.17) is 0 Å². The normalized spacial score (nSPS) is 15.1. The zero-order valence-electron chi connectivity index (χ0n) is 11.4. The maximum absolute atomic E-state index is 12.2. The van der Waals surface area contributed by atoms with Crippen molar-refractivity contribution >= 4 is 17.8 Å². The van der Waals surface area contributed by atoms with Gasteiger partial charge in [-0.2, -0.15) is 0 Å². The number of ether oxygens (including phenoxy) is 1. The highest BCUT2D eigenvalue weighted by molar-refractivity contribution is 6.09. The average molecular weight is 273 g/mol. The first-order valence-corrected chi connectivity index (χ1v) is 6.22. The first kappa shape index (κ1) is 14.0. The van der Waals surface area contributed by atoms with E-state index < -0.39 is 5.97 Å². The van der Waals surface area contributed by atoms with Crippen molar-refractivity contribution in [2.45, 2.75) is 13.3 Å². The Labute approximate surface area is 116 Å². The van der Waals surface area contributed by atoms with Gasteiger partial charge >= 0.3 is 5.97 Å². The Morgan fingerprint density at radius 3 is 2.75 bits per heavy atom. The number of esters is 1. The number of carbonyl (C=O) groups is 3. The molecule has 1 aliphatic heterocycles. The van der Waals surface area contributed by atoms with Crippen LogP contribution in [-0.2, 0) is 20.7 Å². The van der Waals surface area contributed by atoms with Gasteiger partial charge in [-0.25, -0.2) is 4.79 Å². The second kappa shape index (κ2) is 5.69. The molecule has 0 aliphatic carbocycles. The molecule has 1 aromatic rings. The van der Waals surface area contributed by atoms with Crippen molar-refractivity contribution in [1.82, 2.24) is 4.90 Å². The van der Waals surface area contributed by atoms with Gasteiger partial charge in [-0.05, 0) is 18.6 Å². The van der Waals surface area contributed by atoms with Gasteiger partial charge in [0.2, 0.25) is 5.91 Å². The molecule has 0 saturated heterocycles. The molecular weight excluding hydrogens is 258 g/mol. The molecular formula is C15H15NO4. The molecule has 0 aromatic heterocycles. The van der Waals surface area contributed by atoms with Crippen molar-refractivity contribution in [2.24, 2.45) is 0 Å². The van der Waals surface area contributed by atoms with Crippen molar-refractivity contribution < 1.29 is 19.1 Å². The van der Waals surface area contributed by atoms with Gasteiger partial charge in [0.15, 0.2) is 0 Å². The number of amides is 2. The SMILES string of the molecule is COC(=O)C(C)=CCN1C(=O)Cc2ccccc2C1=O. The maximum Gasteiger partial charge on any atom is 0.333 e. The summed E-state index contributed by atoms with van der Waals surface area (Å²) in [7, 11) is 1.28. The molecule has 0 fully saturated rings. The highest BCUT2D eigenvalue weighted by Crippen LogP contribution is 2.19. The van der Waals surface area contributed by atoms with Crippen molar-refractivity contribution in [3.05, 3.63) is 47.0 Å². The minimum Gasteiger partial charge on any atom is -0.466 e. The highest BCUT2D eigenvalue weighted by atomic mass is 16.5. The van der Waals surface area contributed by atoms with E-state index in [0.29, 0.717) is 11.1 Å². The number of benzene rings is 1. The molecule has 2 amide bonds. The van der Waals surface area contributed by atoms with Crippen LogP contribution in [0, 0.1) is 0 Å². The Hall–Kier alpha value is -2.43. The number of fused-ring (bicyclic) bond motifs is 1. The molecule has 1 aromatic carbocycles. The second-order valence-corrected chi connectivity index (χ2v) is 4.52. The lowest BCUT2D eigenvalue weighted by atomic mass is 9.98. The topological polar surface area (TPSA) is 63.7 Å². The van der Waals surface area contributed by atoms with Gasteiger partial charge in [0.1, 0.15) is 0 Å². The third-order valence-electron chi connectivity index (χ3n) is 3.22. The van der Waals surface area contributed by atoms with E-state index in [0.717, 1.165) is 10.5 Å². The standard InChI is InChI=1S/C15H15NO4/c1-10(15(19)20-2)7-8-16-13(17)9-11-5-3-4-6-12(11)14(16)18/h3-7H,8-9H2,1-2H3. The number of imide groups is 1. The monoisotopic (exact) mass is 273 g/mol. The smallest absolute Gasteiger partial charge is 0.333 e. The van der Waals surface area contributed by atoms with Crippen LogP contribution in [0.4, 0.5) is 0 Å². The second-order valence-electron chi connectivity index (χ2n) is 4.52. The van der Waals surface area contributed by atoms with E-state index >= 15 is 0 Å². The van der Waals surface area contributed by atoms with Gasteiger partial charge in [-0.1, -0.05) is 24.3 Å². The Morgan fingerprint density at radius 1 is 1.35 bits per heavy atom. The zero-order valence-corrected chi connectivity index (χ0v) is 11.4. The predicted molar refractivity (Wildman–Crippen MR) is 72.0 cm³/mol. The van der Waals surface area contributed by atoms with Crippen LogP contribution < -0.4 is 0 Å². The third kappa shape index (κ3) is 2.61. The number of hydrogen-bond acceptors (Lipinski definition) is 4. The molecule has 0 unspecified atom stereocenters. The van der Waals surface area contributed by atoms with Crippen LogP contribution in [0.1, 0.15) is 22.8 Å². The Kier molecular flexibility index (Phi) is 3.98. The van der Waals surface area contributed by atoms with E-state index in [1.54, 1.807) is 31.2 Å². The molecule has 5 heteroatoms. The van der Waals surface area contributed by atoms with Crippen LogP contribution in [0.5, 0.6) is 0 Å². The molecule has 0 saturated carbocycles. The van der Waals surface area contributed by atoms with Gasteiger partial charge in [0.05, 0.1) is 13.5 Å². The molecule has 20 heavy (non-hydrogen) atoms.